The third-order valence-corrected chi connectivity index (χ3v) is 3.32. The summed E-state index contributed by atoms with van der Waals surface area (Å²) in [6.45, 7) is 5.83. The first kappa shape index (κ1) is 13.7. The van der Waals surface area contributed by atoms with Gasteiger partial charge in [-0.2, -0.15) is 0 Å². The lowest BCUT2D eigenvalue weighted by Crippen LogP contribution is -2.20. The van der Waals surface area contributed by atoms with E-state index in [9.17, 15) is 4.79 Å². The fourth-order valence-electron chi connectivity index (χ4n) is 1.35. The molecule has 1 rings (SSSR count). The summed E-state index contributed by atoms with van der Waals surface area (Å²) in [7, 11) is 0. The highest BCUT2D eigenvalue weighted by Crippen LogP contribution is 2.24. The van der Waals surface area contributed by atoms with Gasteiger partial charge in [0.2, 0.25) is 0 Å². The summed E-state index contributed by atoms with van der Waals surface area (Å²) in [5, 5.41) is 0.719. The van der Waals surface area contributed by atoms with E-state index in [0.29, 0.717) is 12.8 Å². The van der Waals surface area contributed by atoms with Gasteiger partial charge in [0, 0.05) is 21.3 Å². The van der Waals surface area contributed by atoms with Gasteiger partial charge in [-0.05, 0) is 24.1 Å². The summed E-state index contributed by atoms with van der Waals surface area (Å²) >= 11 is 9.44. The molecule has 1 aromatic carbocycles. The van der Waals surface area contributed by atoms with Gasteiger partial charge in [-0.25, -0.2) is 0 Å². The van der Waals surface area contributed by atoms with Crippen molar-refractivity contribution >= 4 is 33.3 Å². The molecule has 16 heavy (non-hydrogen) atoms. The highest BCUT2D eigenvalue weighted by molar-refractivity contribution is 9.10. The summed E-state index contributed by atoms with van der Waals surface area (Å²) in [6.07, 6.45) is 1.26. The molecule has 0 saturated carbocycles. The fourth-order valence-corrected chi connectivity index (χ4v) is 2.12. The van der Waals surface area contributed by atoms with Gasteiger partial charge in [0.15, 0.2) is 0 Å². The topological polar surface area (TPSA) is 17.1 Å². The Morgan fingerprint density at radius 3 is 2.50 bits per heavy atom. The molecule has 0 atom stereocenters. The normalized spacial score (nSPS) is 11.6. The van der Waals surface area contributed by atoms with E-state index in [2.05, 4.69) is 15.9 Å². The van der Waals surface area contributed by atoms with Gasteiger partial charge in [-0.15, -0.1) is 0 Å². The SMILES string of the molecule is CC(C)(C)C(=O)CCc1ccc(Br)cc1Cl. The molecule has 0 saturated heterocycles. The van der Waals surface area contributed by atoms with Crippen molar-refractivity contribution in [2.24, 2.45) is 5.41 Å². The second-order valence-electron chi connectivity index (χ2n) is 4.91. The Bertz CT molecular complexity index is 393. The van der Waals surface area contributed by atoms with Crippen molar-refractivity contribution < 1.29 is 4.79 Å². The van der Waals surface area contributed by atoms with E-state index >= 15 is 0 Å². The minimum absolute atomic E-state index is 0.262. The average molecular weight is 304 g/mol. The van der Waals surface area contributed by atoms with Crippen LogP contribution in [0.25, 0.3) is 0 Å². The molecule has 0 amide bonds. The molecule has 0 spiro atoms. The number of aryl methyl sites for hydroxylation is 1. The smallest absolute Gasteiger partial charge is 0.138 e. The van der Waals surface area contributed by atoms with Crippen LogP contribution < -0.4 is 0 Å². The Morgan fingerprint density at radius 1 is 1.38 bits per heavy atom. The second-order valence-corrected chi connectivity index (χ2v) is 6.23. The summed E-state index contributed by atoms with van der Waals surface area (Å²) in [5.41, 5.74) is 0.768. The molecular weight excluding hydrogens is 287 g/mol. The van der Waals surface area contributed by atoms with E-state index in [0.717, 1.165) is 15.1 Å². The summed E-state index contributed by atoms with van der Waals surface area (Å²) in [5.74, 6) is 0.270. The predicted octanol–water partition coefficient (Wildman–Crippen LogP) is 4.65. The van der Waals surface area contributed by atoms with Crippen LogP contribution >= 0.6 is 27.5 Å². The molecule has 0 aliphatic heterocycles. The lowest BCUT2D eigenvalue weighted by atomic mass is 9.87. The van der Waals surface area contributed by atoms with Gasteiger partial charge in [0.25, 0.3) is 0 Å². The molecule has 0 unspecified atom stereocenters. The van der Waals surface area contributed by atoms with Crippen LogP contribution in [0.5, 0.6) is 0 Å². The number of carbonyl (C=O) groups excluding carboxylic acids is 1. The maximum Gasteiger partial charge on any atom is 0.138 e. The van der Waals surface area contributed by atoms with Crippen LogP contribution in [0.3, 0.4) is 0 Å². The van der Waals surface area contributed by atoms with Crippen molar-refractivity contribution in [2.75, 3.05) is 0 Å². The molecule has 88 valence electrons. The maximum atomic E-state index is 11.8. The van der Waals surface area contributed by atoms with E-state index in [-0.39, 0.29) is 11.2 Å². The predicted molar refractivity (Wildman–Crippen MR) is 71.9 cm³/mol. The molecule has 0 aliphatic carbocycles. The number of benzene rings is 1. The van der Waals surface area contributed by atoms with Crippen LogP contribution in [0.1, 0.15) is 32.8 Å². The van der Waals surface area contributed by atoms with Crippen molar-refractivity contribution in [1.82, 2.24) is 0 Å². The van der Waals surface area contributed by atoms with Crippen LogP contribution in [-0.2, 0) is 11.2 Å². The first-order valence-corrected chi connectivity index (χ1v) is 6.45. The van der Waals surface area contributed by atoms with Crippen LogP contribution in [0, 0.1) is 5.41 Å². The molecule has 0 N–H and O–H groups in total. The Hall–Kier alpha value is -0.340. The van der Waals surface area contributed by atoms with Crippen molar-refractivity contribution in [3.05, 3.63) is 33.3 Å². The zero-order chi connectivity index (χ0) is 12.3. The highest BCUT2D eigenvalue weighted by Gasteiger charge is 2.20. The van der Waals surface area contributed by atoms with Gasteiger partial charge in [-0.1, -0.05) is 54.4 Å². The molecule has 0 aliphatic rings. The average Bonchev–Trinajstić information content (AvgIpc) is 2.14. The standard InChI is InChI=1S/C13H16BrClO/c1-13(2,3)12(16)7-5-9-4-6-10(14)8-11(9)15/h4,6,8H,5,7H2,1-3H3. The Morgan fingerprint density at radius 2 is 2.00 bits per heavy atom. The fraction of sp³-hybridized carbons (Fsp3) is 0.462. The van der Waals surface area contributed by atoms with Crippen LogP contribution in [0.15, 0.2) is 22.7 Å². The van der Waals surface area contributed by atoms with Crippen molar-refractivity contribution in [2.45, 2.75) is 33.6 Å². The number of Topliss-reactive ketones (excluding diaryl/α,β-unsaturated/α-hetero) is 1. The molecule has 1 aromatic rings. The Balaban J connectivity index is 2.65. The van der Waals surface area contributed by atoms with Gasteiger partial charge in [-0.3, -0.25) is 4.79 Å². The first-order chi connectivity index (χ1) is 7.30. The lowest BCUT2D eigenvalue weighted by Gasteiger charge is -2.16. The largest absolute Gasteiger partial charge is 0.299 e. The number of hydrogen-bond acceptors (Lipinski definition) is 1. The van der Waals surface area contributed by atoms with Crippen molar-refractivity contribution in [1.29, 1.82) is 0 Å². The molecular formula is C13H16BrClO. The minimum Gasteiger partial charge on any atom is -0.299 e. The first-order valence-electron chi connectivity index (χ1n) is 5.28. The van der Waals surface area contributed by atoms with E-state index in [4.69, 9.17) is 11.6 Å². The number of carbonyl (C=O) groups is 1. The van der Waals surface area contributed by atoms with E-state index in [1.807, 2.05) is 39.0 Å². The Kier molecular flexibility index (Phi) is 4.57. The third-order valence-electron chi connectivity index (χ3n) is 2.47. The summed E-state index contributed by atoms with van der Waals surface area (Å²) < 4.78 is 0.961. The number of halogens is 2. The van der Waals surface area contributed by atoms with Crippen molar-refractivity contribution in [3.8, 4) is 0 Å². The minimum atomic E-state index is -0.262. The number of ketones is 1. The molecule has 0 radical (unpaired) electrons. The zero-order valence-corrected chi connectivity index (χ0v) is 12.2. The van der Waals surface area contributed by atoms with Crippen LogP contribution in [-0.4, -0.2) is 5.78 Å². The number of rotatable bonds is 3. The quantitative estimate of drug-likeness (QED) is 0.794. The second kappa shape index (κ2) is 5.33. The third kappa shape index (κ3) is 3.91. The van der Waals surface area contributed by atoms with E-state index in [1.165, 1.54) is 0 Å². The molecule has 0 bridgehead atoms. The van der Waals surface area contributed by atoms with Gasteiger partial charge >= 0.3 is 0 Å². The molecule has 3 heteroatoms. The van der Waals surface area contributed by atoms with E-state index in [1.54, 1.807) is 0 Å². The number of hydrogen-bond donors (Lipinski definition) is 0. The van der Waals surface area contributed by atoms with Crippen LogP contribution in [0.4, 0.5) is 0 Å². The van der Waals surface area contributed by atoms with Gasteiger partial charge < -0.3 is 0 Å². The summed E-state index contributed by atoms with van der Waals surface area (Å²) in [4.78, 5) is 11.8. The van der Waals surface area contributed by atoms with Gasteiger partial charge in [0.05, 0.1) is 0 Å². The maximum absolute atomic E-state index is 11.8. The molecule has 0 heterocycles. The monoisotopic (exact) mass is 302 g/mol. The molecule has 1 nitrogen and oxygen atoms in total. The Labute approximate surface area is 110 Å². The van der Waals surface area contributed by atoms with Gasteiger partial charge in [0.1, 0.15) is 5.78 Å². The molecule has 0 fully saturated rings. The van der Waals surface area contributed by atoms with E-state index < -0.39 is 0 Å². The summed E-state index contributed by atoms with van der Waals surface area (Å²) in [6, 6.07) is 5.77. The molecule has 0 aromatic heterocycles. The van der Waals surface area contributed by atoms with Crippen molar-refractivity contribution in [3.63, 3.8) is 0 Å². The zero-order valence-electron chi connectivity index (χ0n) is 9.81. The lowest BCUT2D eigenvalue weighted by molar-refractivity contribution is -0.126. The highest BCUT2D eigenvalue weighted by atomic mass is 79.9. The van der Waals surface area contributed by atoms with Crippen LogP contribution in [0.2, 0.25) is 5.02 Å².